The number of phenolic OH excluding ortho intramolecular Hbond substituents is 1. The Balaban J connectivity index is 1.92. The second kappa shape index (κ2) is 6.87. The normalized spacial score (nSPS) is 12.4. The third-order valence-corrected chi connectivity index (χ3v) is 3.44. The molecule has 0 amide bonds. The van der Waals surface area contributed by atoms with E-state index in [1.165, 1.54) is 0 Å². The Labute approximate surface area is 127 Å². The highest BCUT2D eigenvalue weighted by Gasteiger charge is 2.10. The predicted octanol–water partition coefficient (Wildman–Crippen LogP) is 4.04. The van der Waals surface area contributed by atoms with E-state index in [0.29, 0.717) is 17.1 Å². The van der Waals surface area contributed by atoms with Crippen molar-refractivity contribution in [2.45, 2.75) is 25.9 Å². The number of rotatable bonds is 5. The molecule has 0 aliphatic heterocycles. The van der Waals surface area contributed by atoms with E-state index in [-0.39, 0.29) is 6.04 Å². The maximum Gasteiger partial charge on any atom is 0.187 e. The van der Waals surface area contributed by atoms with Crippen LogP contribution in [0.2, 0.25) is 5.02 Å². The molecule has 1 unspecified atom stereocenters. The van der Waals surface area contributed by atoms with Crippen molar-refractivity contribution in [3.8, 4) is 5.75 Å². The zero-order valence-corrected chi connectivity index (χ0v) is 12.3. The molecule has 0 saturated heterocycles. The summed E-state index contributed by atoms with van der Waals surface area (Å²) in [5.74, 6) is -2.83. The lowest BCUT2D eigenvalue weighted by atomic mass is 10.1. The number of hydrogen-bond acceptors (Lipinski definition) is 2. The van der Waals surface area contributed by atoms with Crippen molar-refractivity contribution in [1.82, 2.24) is 5.32 Å². The Morgan fingerprint density at radius 2 is 1.67 bits per heavy atom. The molecule has 0 heterocycles. The van der Waals surface area contributed by atoms with Gasteiger partial charge in [-0.3, -0.25) is 0 Å². The quantitative estimate of drug-likeness (QED) is 0.873. The fourth-order valence-electron chi connectivity index (χ4n) is 2.06. The zero-order chi connectivity index (χ0) is 15.4. The van der Waals surface area contributed by atoms with Crippen LogP contribution in [0.4, 0.5) is 8.78 Å². The smallest absolute Gasteiger partial charge is 0.187 e. The topological polar surface area (TPSA) is 32.3 Å². The number of benzene rings is 2. The Morgan fingerprint density at radius 3 is 2.24 bits per heavy atom. The second-order valence-corrected chi connectivity index (χ2v) is 5.46. The van der Waals surface area contributed by atoms with Crippen molar-refractivity contribution in [3.05, 3.63) is 64.2 Å². The number of aromatic hydroxyl groups is 1. The number of halogens is 3. The van der Waals surface area contributed by atoms with Crippen LogP contribution in [0.15, 0.2) is 36.4 Å². The summed E-state index contributed by atoms with van der Waals surface area (Å²) < 4.78 is 26.4. The van der Waals surface area contributed by atoms with Crippen molar-refractivity contribution < 1.29 is 13.9 Å². The summed E-state index contributed by atoms with van der Waals surface area (Å²) >= 11 is 5.82. The first-order chi connectivity index (χ1) is 9.95. The third kappa shape index (κ3) is 4.41. The summed E-state index contributed by atoms with van der Waals surface area (Å²) in [5.41, 5.74) is 1.58. The van der Waals surface area contributed by atoms with Gasteiger partial charge in [0.25, 0.3) is 0 Å². The van der Waals surface area contributed by atoms with Crippen molar-refractivity contribution >= 4 is 11.6 Å². The maximum absolute atomic E-state index is 13.2. The first-order valence-corrected chi connectivity index (χ1v) is 6.98. The van der Waals surface area contributed by atoms with Gasteiger partial charge < -0.3 is 10.4 Å². The Morgan fingerprint density at radius 1 is 1.10 bits per heavy atom. The van der Waals surface area contributed by atoms with Gasteiger partial charge in [0.2, 0.25) is 0 Å². The molecule has 2 aromatic rings. The Hall–Kier alpha value is -1.65. The van der Waals surface area contributed by atoms with Gasteiger partial charge in [0.05, 0.1) is 0 Å². The van der Waals surface area contributed by atoms with Crippen LogP contribution in [0.1, 0.15) is 18.1 Å². The Bertz CT molecular complexity index is 593. The van der Waals surface area contributed by atoms with Gasteiger partial charge in [0, 0.05) is 17.6 Å². The van der Waals surface area contributed by atoms with Gasteiger partial charge >= 0.3 is 0 Å². The highest BCUT2D eigenvalue weighted by molar-refractivity contribution is 6.30. The van der Waals surface area contributed by atoms with E-state index < -0.39 is 17.4 Å². The number of phenols is 1. The molecule has 2 N–H and O–H groups in total. The molecule has 2 rings (SSSR count). The number of hydrogen-bond donors (Lipinski definition) is 2. The summed E-state index contributed by atoms with van der Waals surface area (Å²) in [4.78, 5) is 0. The van der Waals surface area contributed by atoms with Crippen LogP contribution in [0.5, 0.6) is 5.75 Å². The first-order valence-electron chi connectivity index (χ1n) is 6.60. The molecule has 21 heavy (non-hydrogen) atoms. The van der Waals surface area contributed by atoms with Gasteiger partial charge in [0.15, 0.2) is 17.4 Å². The van der Waals surface area contributed by atoms with E-state index in [1.54, 1.807) is 0 Å². The first kappa shape index (κ1) is 15.7. The van der Waals surface area contributed by atoms with E-state index in [0.717, 1.165) is 24.1 Å². The summed E-state index contributed by atoms with van der Waals surface area (Å²) in [6, 6.07) is 9.93. The summed E-state index contributed by atoms with van der Waals surface area (Å²) in [7, 11) is 0. The van der Waals surface area contributed by atoms with E-state index in [1.807, 2.05) is 31.2 Å². The van der Waals surface area contributed by atoms with Gasteiger partial charge in [-0.05, 0) is 48.7 Å². The molecule has 0 bridgehead atoms. The number of nitrogens with one attached hydrogen (secondary N) is 1. The van der Waals surface area contributed by atoms with Gasteiger partial charge in [0.1, 0.15) is 0 Å². The van der Waals surface area contributed by atoms with Crippen LogP contribution in [0.3, 0.4) is 0 Å². The summed E-state index contributed by atoms with van der Waals surface area (Å²) in [5, 5.41) is 12.9. The largest absolute Gasteiger partial charge is 0.503 e. The second-order valence-electron chi connectivity index (χ2n) is 5.02. The summed E-state index contributed by atoms with van der Waals surface area (Å²) in [6.45, 7) is 2.31. The summed E-state index contributed by atoms with van der Waals surface area (Å²) in [6.07, 6.45) is 0.778. The van der Waals surface area contributed by atoms with E-state index >= 15 is 0 Å². The van der Waals surface area contributed by atoms with Crippen molar-refractivity contribution in [3.63, 3.8) is 0 Å². The van der Waals surface area contributed by atoms with E-state index in [9.17, 15) is 8.78 Å². The minimum atomic E-state index is -0.947. The maximum atomic E-state index is 13.2. The van der Waals surface area contributed by atoms with Crippen LogP contribution < -0.4 is 5.32 Å². The molecular weight excluding hydrogens is 296 g/mol. The van der Waals surface area contributed by atoms with Crippen LogP contribution >= 0.6 is 11.6 Å². The van der Waals surface area contributed by atoms with E-state index in [4.69, 9.17) is 16.7 Å². The lowest BCUT2D eigenvalue weighted by molar-refractivity contribution is 0.394. The molecule has 1 atom stereocenters. The minimum Gasteiger partial charge on any atom is -0.503 e. The molecule has 5 heteroatoms. The van der Waals surface area contributed by atoms with Crippen molar-refractivity contribution in [2.24, 2.45) is 0 Å². The predicted molar refractivity (Wildman–Crippen MR) is 79.5 cm³/mol. The molecule has 0 radical (unpaired) electrons. The van der Waals surface area contributed by atoms with Crippen LogP contribution in [0.25, 0.3) is 0 Å². The highest BCUT2D eigenvalue weighted by atomic mass is 35.5. The standard InChI is InChI=1S/C16H16ClF2NO/c1-10(6-11-2-4-13(17)5-3-11)20-9-12-7-14(18)16(21)15(19)8-12/h2-5,7-8,10,20-21H,6,9H2,1H3. The lowest BCUT2D eigenvalue weighted by Crippen LogP contribution is -2.27. The SMILES string of the molecule is CC(Cc1ccc(Cl)cc1)NCc1cc(F)c(O)c(F)c1. The molecule has 0 aliphatic rings. The highest BCUT2D eigenvalue weighted by Crippen LogP contribution is 2.21. The van der Waals surface area contributed by atoms with Crippen LogP contribution in [-0.2, 0) is 13.0 Å². The average Bonchev–Trinajstić information content (AvgIpc) is 2.45. The molecule has 2 aromatic carbocycles. The molecule has 0 aliphatic carbocycles. The van der Waals surface area contributed by atoms with Crippen LogP contribution in [0, 0.1) is 11.6 Å². The zero-order valence-electron chi connectivity index (χ0n) is 11.5. The third-order valence-electron chi connectivity index (χ3n) is 3.19. The lowest BCUT2D eigenvalue weighted by Gasteiger charge is -2.14. The monoisotopic (exact) mass is 311 g/mol. The molecule has 112 valence electrons. The fourth-order valence-corrected chi connectivity index (χ4v) is 2.18. The molecule has 0 fully saturated rings. The Kier molecular flexibility index (Phi) is 5.15. The van der Waals surface area contributed by atoms with E-state index in [2.05, 4.69) is 5.32 Å². The average molecular weight is 312 g/mol. The van der Waals surface area contributed by atoms with Gasteiger partial charge in [-0.1, -0.05) is 23.7 Å². The molecule has 0 aromatic heterocycles. The molecule has 2 nitrogen and oxygen atoms in total. The van der Waals surface area contributed by atoms with Gasteiger partial charge in [-0.15, -0.1) is 0 Å². The van der Waals surface area contributed by atoms with Crippen LogP contribution in [-0.4, -0.2) is 11.1 Å². The minimum absolute atomic E-state index is 0.131. The van der Waals surface area contributed by atoms with Gasteiger partial charge in [-0.2, -0.15) is 0 Å². The molecule has 0 saturated carbocycles. The fraction of sp³-hybridized carbons (Fsp3) is 0.250. The molecule has 0 spiro atoms. The van der Waals surface area contributed by atoms with Gasteiger partial charge in [-0.25, -0.2) is 8.78 Å². The van der Waals surface area contributed by atoms with Crippen molar-refractivity contribution in [1.29, 1.82) is 0 Å². The molecular formula is C16H16ClF2NO. The van der Waals surface area contributed by atoms with Crippen molar-refractivity contribution in [2.75, 3.05) is 0 Å².